The van der Waals surface area contributed by atoms with E-state index in [-0.39, 0.29) is 5.69 Å². The summed E-state index contributed by atoms with van der Waals surface area (Å²) < 4.78 is 28.7. The third-order valence-electron chi connectivity index (χ3n) is 3.47. The molecule has 0 bridgehead atoms. The lowest BCUT2D eigenvalue weighted by Crippen LogP contribution is -2.15. The van der Waals surface area contributed by atoms with Crippen LogP contribution in [-0.4, -0.2) is 34.3 Å². The Bertz CT molecular complexity index is 774. The summed E-state index contributed by atoms with van der Waals surface area (Å²) in [6.07, 6.45) is 1.66. The van der Waals surface area contributed by atoms with Crippen molar-refractivity contribution < 1.29 is 13.6 Å². The molecule has 0 spiro atoms. The quantitative estimate of drug-likeness (QED) is 0.880. The summed E-state index contributed by atoms with van der Waals surface area (Å²) in [7, 11) is 3.53. The molecule has 128 valence electrons. The largest absolute Gasteiger partial charge is 0.316 e. The molecule has 2 heterocycles. The average molecular weight is 335 g/mol. The van der Waals surface area contributed by atoms with Crippen LogP contribution in [0.3, 0.4) is 0 Å². The van der Waals surface area contributed by atoms with Crippen molar-refractivity contribution in [3.8, 4) is 0 Å². The lowest BCUT2D eigenvalue weighted by molar-refractivity contribution is 0.102. The molecule has 0 unspecified atom stereocenters. The molecule has 0 aliphatic heterocycles. The number of rotatable bonds is 5. The fraction of sp³-hybridized carbons (Fsp3) is 0.312. The van der Waals surface area contributed by atoms with Crippen LogP contribution in [0, 0.1) is 11.6 Å². The van der Waals surface area contributed by atoms with E-state index in [1.807, 2.05) is 20.9 Å². The van der Waals surface area contributed by atoms with Gasteiger partial charge in [0.25, 0.3) is 5.91 Å². The molecule has 0 saturated carbocycles. The Labute approximate surface area is 138 Å². The molecule has 0 saturated heterocycles. The van der Waals surface area contributed by atoms with Crippen molar-refractivity contribution in [1.82, 2.24) is 20.1 Å². The van der Waals surface area contributed by atoms with E-state index in [1.165, 1.54) is 0 Å². The molecule has 6 nitrogen and oxygen atoms in total. The molecule has 2 N–H and O–H groups in total. The first-order valence-electron chi connectivity index (χ1n) is 7.30. The summed E-state index contributed by atoms with van der Waals surface area (Å²) in [6.45, 7) is 4.53. The Kier molecular flexibility index (Phi) is 5.40. The van der Waals surface area contributed by atoms with E-state index < -0.39 is 23.2 Å². The fourth-order valence-corrected chi connectivity index (χ4v) is 2.27. The molecule has 0 radical (unpaired) electrons. The summed E-state index contributed by atoms with van der Waals surface area (Å²) in [5, 5.41) is 9.40. The molecule has 0 fully saturated rings. The van der Waals surface area contributed by atoms with E-state index >= 15 is 0 Å². The molecular formula is C16H19F2N5O. The molecule has 0 aliphatic carbocycles. The van der Waals surface area contributed by atoms with Crippen LogP contribution in [-0.2, 0) is 7.05 Å². The highest BCUT2D eigenvalue weighted by Crippen LogP contribution is 2.21. The van der Waals surface area contributed by atoms with Gasteiger partial charge >= 0.3 is 0 Å². The van der Waals surface area contributed by atoms with Crippen LogP contribution in [0.1, 0.15) is 30.0 Å². The van der Waals surface area contributed by atoms with Crippen molar-refractivity contribution >= 4 is 17.2 Å². The van der Waals surface area contributed by atoms with E-state index in [9.17, 15) is 13.6 Å². The van der Waals surface area contributed by atoms with Crippen molar-refractivity contribution in [2.45, 2.75) is 13.8 Å². The van der Waals surface area contributed by atoms with Crippen LogP contribution in [0.4, 0.5) is 14.5 Å². The van der Waals surface area contributed by atoms with Crippen LogP contribution in [0.15, 0.2) is 24.0 Å². The summed E-state index contributed by atoms with van der Waals surface area (Å²) >= 11 is 0. The van der Waals surface area contributed by atoms with Crippen molar-refractivity contribution in [3.63, 3.8) is 0 Å². The minimum atomic E-state index is -0.945. The number of halogens is 2. The molecule has 2 rings (SSSR count). The molecule has 1 amide bonds. The number of aryl methyl sites for hydroxylation is 1. The second-order valence-electron chi connectivity index (χ2n) is 5.48. The van der Waals surface area contributed by atoms with E-state index in [2.05, 4.69) is 20.7 Å². The van der Waals surface area contributed by atoms with Crippen molar-refractivity contribution in [2.75, 3.05) is 18.9 Å². The molecule has 0 atom stereocenters. The van der Waals surface area contributed by atoms with Gasteiger partial charge in [0.05, 0.1) is 18.1 Å². The number of aromatic nitrogens is 3. The normalized spacial score (nSPS) is 10.6. The first kappa shape index (κ1) is 17.7. The van der Waals surface area contributed by atoms with E-state index in [1.54, 1.807) is 17.8 Å². The zero-order chi connectivity index (χ0) is 17.9. The number of anilines is 1. The topological polar surface area (TPSA) is 71.8 Å². The van der Waals surface area contributed by atoms with Gasteiger partial charge in [0.2, 0.25) is 0 Å². The lowest BCUT2D eigenvalue weighted by Gasteiger charge is -2.09. The number of hydrogen-bond donors (Lipinski definition) is 2. The lowest BCUT2D eigenvalue weighted by atomic mass is 10.1. The van der Waals surface area contributed by atoms with E-state index in [4.69, 9.17) is 0 Å². The minimum absolute atomic E-state index is 0.0676. The number of carbonyl (C=O) groups excluding carboxylic acids is 1. The number of amides is 1. The zero-order valence-corrected chi connectivity index (χ0v) is 13.9. The predicted molar refractivity (Wildman–Crippen MR) is 87.5 cm³/mol. The van der Waals surface area contributed by atoms with Gasteiger partial charge in [-0.2, -0.15) is 5.10 Å². The number of nitrogens with zero attached hydrogens (tertiary/aromatic N) is 3. The van der Waals surface area contributed by atoms with Crippen LogP contribution in [0.2, 0.25) is 0 Å². The third-order valence-corrected chi connectivity index (χ3v) is 3.47. The maximum Gasteiger partial charge on any atom is 0.276 e. The highest BCUT2D eigenvalue weighted by Gasteiger charge is 2.19. The van der Waals surface area contributed by atoms with Gasteiger partial charge in [0.1, 0.15) is 5.69 Å². The smallest absolute Gasteiger partial charge is 0.276 e. The van der Waals surface area contributed by atoms with E-state index in [0.29, 0.717) is 6.54 Å². The number of allylic oxidation sites excluding steroid dienone is 1. The molecule has 0 aromatic carbocycles. The van der Waals surface area contributed by atoms with Crippen LogP contribution in [0.5, 0.6) is 0 Å². The monoisotopic (exact) mass is 335 g/mol. The Morgan fingerprint density at radius 3 is 2.42 bits per heavy atom. The molecule has 24 heavy (non-hydrogen) atoms. The van der Waals surface area contributed by atoms with Gasteiger partial charge in [-0.1, -0.05) is 5.57 Å². The summed E-state index contributed by atoms with van der Waals surface area (Å²) in [5.41, 5.74) is 2.35. The summed E-state index contributed by atoms with van der Waals surface area (Å²) in [5.74, 6) is -2.59. The van der Waals surface area contributed by atoms with E-state index in [0.717, 1.165) is 29.2 Å². The Balaban J connectivity index is 2.32. The molecule has 2 aromatic heterocycles. The van der Waals surface area contributed by atoms with Crippen LogP contribution < -0.4 is 10.6 Å². The first-order chi connectivity index (χ1) is 11.3. The zero-order valence-electron chi connectivity index (χ0n) is 13.9. The van der Waals surface area contributed by atoms with Crippen LogP contribution >= 0.6 is 0 Å². The van der Waals surface area contributed by atoms with Crippen molar-refractivity contribution in [1.29, 1.82) is 0 Å². The maximum absolute atomic E-state index is 13.6. The second-order valence-corrected chi connectivity index (χ2v) is 5.48. The Morgan fingerprint density at radius 2 is 1.88 bits per heavy atom. The average Bonchev–Trinajstić information content (AvgIpc) is 2.90. The molecule has 8 heteroatoms. The summed E-state index contributed by atoms with van der Waals surface area (Å²) in [6, 6.07) is 1.59. The number of hydrogen-bond acceptors (Lipinski definition) is 4. The van der Waals surface area contributed by atoms with Crippen molar-refractivity contribution in [2.24, 2.45) is 7.05 Å². The van der Waals surface area contributed by atoms with Gasteiger partial charge in [-0.15, -0.1) is 0 Å². The van der Waals surface area contributed by atoms with Gasteiger partial charge in [-0.25, -0.2) is 8.78 Å². The summed E-state index contributed by atoms with van der Waals surface area (Å²) in [4.78, 5) is 15.6. The van der Waals surface area contributed by atoms with Crippen LogP contribution in [0.25, 0.3) is 5.57 Å². The van der Waals surface area contributed by atoms with Gasteiger partial charge in [0.15, 0.2) is 17.3 Å². The maximum atomic E-state index is 13.6. The van der Waals surface area contributed by atoms with Gasteiger partial charge < -0.3 is 10.6 Å². The van der Waals surface area contributed by atoms with Gasteiger partial charge in [-0.3, -0.25) is 14.5 Å². The van der Waals surface area contributed by atoms with Crippen molar-refractivity contribution in [3.05, 3.63) is 47.1 Å². The first-order valence-corrected chi connectivity index (χ1v) is 7.30. The van der Waals surface area contributed by atoms with Gasteiger partial charge in [-0.05, 0) is 32.5 Å². The fourth-order valence-electron chi connectivity index (χ4n) is 2.27. The second kappa shape index (κ2) is 7.31. The third kappa shape index (κ3) is 3.65. The van der Waals surface area contributed by atoms with Gasteiger partial charge in [0, 0.05) is 13.6 Å². The molecular weight excluding hydrogens is 316 g/mol. The number of pyridine rings is 1. The molecule has 0 aliphatic rings. The Morgan fingerprint density at radius 1 is 1.25 bits per heavy atom. The number of carbonyl (C=O) groups is 1. The minimum Gasteiger partial charge on any atom is -0.316 e. The standard InChI is InChI=1S/C16H19F2N5O/c1-9(2)10(6-19-3)14-5-13(22-23(14)4)16(24)21-15-11(17)7-20-8-12(15)18/h5,7-8,19H,6H2,1-4H3,(H,20,21,24). The highest BCUT2D eigenvalue weighted by atomic mass is 19.1. The Hall–Kier alpha value is -2.61. The SMILES string of the molecule is CNCC(=C(C)C)c1cc(C(=O)Nc2c(F)cncc2F)nn1C. The number of likely N-dealkylation sites (N-methyl/N-ethyl adjacent to an activating group) is 1. The highest BCUT2D eigenvalue weighted by molar-refractivity contribution is 6.03. The predicted octanol–water partition coefficient (Wildman–Crippen LogP) is 2.36. The molecule has 2 aromatic rings. The number of nitrogens with one attached hydrogen (secondary N) is 2.